The van der Waals surface area contributed by atoms with Crippen LogP contribution in [0.4, 0.5) is 11.5 Å². The highest BCUT2D eigenvalue weighted by atomic mass is 32.3. The Labute approximate surface area is 120 Å². The van der Waals surface area contributed by atoms with E-state index in [4.69, 9.17) is 0 Å². The molecule has 0 fully saturated rings. The zero-order valence-electron chi connectivity index (χ0n) is 12.0. The second kappa shape index (κ2) is 6.40. The minimum atomic E-state index is -4.04. The fourth-order valence-electron chi connectivity index (χ4n) is 1.48. The maximum Gasteiger partial charge on any atom is 0.350 e. The fourth-order valence-corrected chi connectivity index (χ4v) is 4.75. The van der Waals surface area contributed by atoms with Crippen molar-refractivity contribution in [2.24, 2.45) is 3.77 Å². The van der Waals surface area contributed by atoms with E-state index in [1.165, 1.54) is 0 Å². The van der Waals surface area contributed by atoms with Crippen molar-refractivity contribution in [2.45, 2.75) is 13.8 Å². The molecule has 0 aliphatic rings. The molecule has 0 radical (unpaired) electrons. The van der Waals surface area contributed by atoms with Crippen LogP contribution in [0.25, 0.3) is 0 Å². The number of hydrogen-bond acceptors (Lipinski definition) is 5. The third kappa shape index (κ3) is 4.34. The predicted molar refractivity (Wildman–Crippen MR) is 82.8 cm³/mol. The number of nitrogens with zero attached hydrogens (tertiary/aromatic N) is 3. The summed E-state index contributed by atoms with van der Waals surface area (Å²) in [6, 6.07) is 3.19. The zero-order valence-corrected chi connectivity index (χ0v) is 13.7. The second-order valence-electron chi connectivity index (χ2n) is 4.27. The van der Waals surface area contributed by atoms with Crippen molar-refractivity contribution < 1.29 is 12.6 Å². The summed E-state index contributed by atoms with van der Waals surface area (Å²) in [6.07, 6.45) is 1.56. The van der Waals surface area contributed by atoms with E-state index >= 15 is 0 Å². The van der Waals surface area contributed by atoms with Crippen LogP contribution in [0.2, 0.25) is 0 Å². The first-order valence-electron chi connectivity index (χ1n) is 6.12. The van der Waals surface area contributed by atoms with Crippen LogP contribution >= 0.6 is 0 Å². The van der Waals surface area contributed by atoms with E-state index in [2.05, 4.69) is 13.5 Å². The van der Waals surface area contributed by atoms with Crippen molar-refractivity contribution in [1.82, 2.24) is 4.98 Å². The van der Waals surface area contributed by atoms with Gasteiger partial charge in [0.25, 0.3) is 0 Å². The van der Waals surface area contributed by atoms with Gasteiger partial charge in [-0.3, -0.25) is 4.72 Å². The highest BCUT2D eigenvalue weighted by Gasteiger charge is 2.16. The zero-order chi connectivity index (χ0) is 15.4. The smallest absolute Gasteiger partial charge is 0.350 e. The lowest BCUT2D eigenvalue weighted by molar-refractivity contribution is 0.603. The van der Waals surface area contributed by atoms with Crippen LogP contribution in [0, 0.1) is 0 Å². The number of aromatic nitrogens is 1. The van der Waals surface area contributed by atoms with Gasteiger partial charge in [-0.15, -0.1) is 0 Å². The molecule has 0 aliphatic carbocycles. The molecule has 0 aromatic carbocycles. The van der Waals surface area contributed by atoms with Crippen molar-refractivity contribution >= 4 is 31.4 Å². The molecular weight excluding hydrogens is 300 g/mol. The van der Waals surface area contributed by atoms with E-state index in [-0.39, 0.29) is 11.5 Å². The molecule has 0 unspecified atom stereocenters. The molecule has 1 heterocycles. The number of nitrogens with one attached hydrogen (secondary N) is 1. The van der Waals surface area contributed by atoms with Gasteiger partial charge in [-0.1, -0.05) is 17.6 Å². The first-order valence-corrected chi connectivity index (χ1v) is 9.41. The molecule has 9 heteroatoms. The van der Waals surface area contributed by atoms with Gasteiger partial charge in [0.1, 0.15) is 0 Å². The van der Waals surface area contributed by atoms with Crippen molar-refractivity contribution in [3.8, 4) is 0 Å². The Morgan fingerprint density at radius 1 is 1.25 bits per heavy atom. The van der Waals surface area contributed by atoms with Crippen LogP contribution in [-0.2, 0) is 19.9 Å². The van der Waals surface area contributed by atoms with E-state index in [9.17, 15) is 12.6 Å². The number of rotatable bonds is 6. The average molecular weight is 320 g/mol. The number of pyridine rings is 1. The first-order chi connectivity index (χ1) is 9.23. The van der Waals surface area contributed by atoms with Crippen LogP contribution < -0.4 is 9.62 Å². The molecule has 0 aliphatic heterocycles. The quantitative estimate of drug-likeness (QED) is 0.853. The molecule has 1 aromatic rings. The molecule has 0 saturated heterocycles. The molecule has 0 saturated carbocycles. The van der Waals surface area contributed by atoms with Gasteiger partial charge in [0.2, 0.25) is 0 Å². The molecule has 1 N–H and O–H groups in total. The van der Waals surface area contributed by atoms with Gasteiger partial charge in [-0.25, -0.2) is 9.19 Å². The van der Waals surface area contributed by atoms with Gasteiger partial charge in [-0.05, 0) is 12.1 Å². The second-order valence-corrected chi connectivity index (χ2v) is 8.72. The van der Waals surface area contributed by atoms with E-state index in [0.29, 0.717) is 11.5 Å². The van der Waals surface area contributed by atoms with Gasteiger partial charge in [0.05, 0.1) is 15.4 Å². The normalized spacial score (nSPS) is 12.0. The summed E-state index contributed by atoms with van der Waals surface area (Å²) >= 11 is 0. The summed E-state index contributed by atoms with van der Waals surface area (Å²) in [6.45, 7) is 3.31. The molecule has 0 atom stereocenters. The summed E-state index contributed by atoms with van der Waals surface area (Å²) in [4.78, 5) is 5.76. The average Bonchev–Trinajstić information content (AvgIpc) is 2.37. The van der Waals surface area contributed by atoms with E-state index in [0.717, 1.165) is 0 Å². The maximum atomic E-state index is 12.1. The predicted octanol–water partition coefficient (Wildman–Crippen LogP) is 1.31. The number of hydrogen-bond donors (Lipinski definition) is 1. The molecule has 0 amide bonds. The van der Waals surface area contributed by atoms with Gasteiger partial charge < -0.3 is 4.90 Å². The summed E-state index contributed by atoms with van der Waals surface area (Å²) < 4.78 is 42.0. The van der Waals surface area contributed by atoms with E-state index in [1.807, 2.05) is 0 Å². The summed E-state index contributed by atoms with van der Waals surface area (Å²) in [5, 5.41) is 0. The van der Waals surface area contributed by atoms with Crippen molar-refractivity contribution in [1.29, 1.82) is 0 Å². The van der Waals surface area contributed by atoms with Crippen molar-refractivity contribution in [3.05, 3.63) is 18.3 Å². The Morgan fingerprint density at radius 3 is 2.35 bits per heavy atom. The van der Waals surface area contributed by atoms with Gasteiger partial charge in [-0.2, -0.15) is 8.42 Å². The summed E-state index contributed by atoms with van der Waals surface area (Å²) in [5.74, 6) is 0.849. The maximum absolute atomic E-state index is 12.1. The van der Waals surface area contributed by atoms with Gasteiger partial charge >= 0.3 is 10.2 Å². The van der Waals surface area contributed by atoms with Crippen molar-refractivity contribution in [3.63, 3.8) is 0 Å². The van der Waals surface area contributed by atoms with Gasteiger partial charge in [0.15, 0.2) is 5.82 Å². The van der Waals surface area contributed by atoms with Gasteiger partial charge in [0, 0.05) is 31.8 Å². The molecule has 1 aromatic heterocycles. The molecule has 114 valence electrons. The highest BCUT2D eigenvalue weighted by molar-refractivity contribution is 8.03. The van der Waals surface area contributed by atoms with Crippen molar-refractivity contribution in [2.75, 3.05) is 35.2 Å². The summed E-state index contributed by atoms with van der Waals surface area (Å²) in [5.41, 5.74) is 0.301. The standard InChI is InChI=1S/C11H20N4O3S2/c1-5-19(16,6-2)14-20(17,18)13-10-8-7-9-12-11(10)15(3)4/h7-9,13H,5-6H2,1-4H3. The Bertz CT molecular complexity index is 667. The lowest BCUT2D eigenvalue weighted by Crippen LogP contribution is -2.18. The van der Waals surface area contributed by atoms with E-state index in [1.54, 1.807) is 51.2 Å². The Balaban J connectivity index is 3.20. The first kappa shape index (κ1) is 16.7. The lowest BCUT2D eigenvalue weighted by atomic mass is 10.4. The third-order valence-electron chi connectivity index (χ3n) is 2.59. The third-order valence-corrected chi connectivity index (χ3v) is 6.74. The molecule has 20 heavy (non-hydrogen) atoms. The van der Waals surface area contributed by atoms with Crippen LogP contribution in [0.15, 0.2) is 22.1 Å². The molecule has 1 rings (SSSR count). The summed E-state index contributed by atoms with van der Waals surface area (Å²) in [7, 11) is -3.28. The largest absolute Gasteiger partial charge is 0.361 e. The van der Waals surface area contributed by atoms with E-state index < -0.39 is 19.9 Å². The topological polar surface area (TPSA) is 91.7 Å². The Kier molecular flexibility index (Phi) is 5.35. The monoisotopic (exact) mass is 320 g/mol. The Hall–Kier alpha value is -1.35. The van der Waals surface area contributed by atoms with Crippen LogP contribution in [0.3, 0.4) is 0 Å². The molecular formula is C11H20N4O3S2. The fraction of sp³-hybridized carbons (Fsp3) is 0.545. The van der Waals surface area contributed by atoms with Crippen LogP contribution in [0.1, 0.15) is 13.8 Å². The van der Waals surface area contributed by atoms with Crippen LogP contribution in [-0.4, -0.2) is 43.2 Å². The number of anilines is 2. The van der Waals surface area contributed by atoms with Crippen LogP contribution in [0.5, 0.6) is 0 Å². The Morgan fingerprint density at radius 2 is 1.85 bits per heavy atom. The SMILES string of the molecule is CCS(=O)(CC)=NS(=O)(=O)Nc1cccnc1N(C)C. The molecule has 7 nitrogen and oxygen atoms in total. The lowest BCUT2D eigenvalue weighted by Gasteiger charge is -2.16. The minimum Gasteiger partial charge on any atom is -0.361 e. The molecule has 0 spiro atoms. The molecule has 0 bridgehead atoms. The highest BCUT2D eigenvalue weighted by Crippen LogP contribution is 2.22. The minimum absolute atomic E-state index is 0.192.